The van der Waals surface area contributed by atoms with Crippen LogP contribution in [0.5, 0.6) is 0 Å². The van der Waals surface area contributed by atoms with Gasteiger partial charge in [0.05, 0.1) is 6.10 Å². The van der Waals surface area contributed by atoms with Crippen LogP contribution in [0.4, 0.5) is 0 Å². The van der Waals surface area contributed by atoms with Gasteiger partial charge in [0.1, 0.15) is 0 Å². The lowest BCUT2D eigenvalue weighted by Gasteiger charge is -2.36. The molecule has 5 nitrogen and oxygen atoms in total. The van der Waals surface area contributed by atoms with E-state index in [4.69, 9.17) is 13.3 Å². The lowest BCUT2D eigenvalue weighted by Crippen LogP contribution is -2.48. The number of hydrogen-bond acceptors (Lipinski definition) is 5. The molecule has 1 fully saturated rings. The fraction of sp³-hybridized carbons (Fsp3) is 1.00. The molecule has 0 bridgehead atoms. The van der Waals surface area contributed by atoms with Crippen molar-refractivity contribution in [2.45, 2.75) is 63.8 Å². The van der Waals surface area contributed by atoms with Gasteiger partial charge in [0.2, 0.25) is 0 Å². The van der Waals surface area contributed by atoms with Gasteiger partial charge in [-0.05, 0) is 31.6 Å². The quantitative estimate of drug-likeness (QED) is 0.670. The Kier molecular flexibility index (Phi) is 7.64. The third kappa shape index (κ3) is 5.09. The summed E-state index contributed by atoms with van der Waals surface area (Å²) in [6.07, 6.45) is 3.77. The SMILES string of the molecule is CO[Si](CCC1CCC(O)C(NC(C)C)C1)(OC)OC. The van der Waals surface area contributed by atoms with E-state index in [1.807, 2.05) is 0 Å². The molecule has 3 atom stereocenters. The van der Waals surface area contributed by atoms with E-state index < -0.39 is 8.80 Å². The first-order valence-electron chi connectivity index (χ1n) is 7.56. The van der Waals surface area contributed by atoms with E-state index >= 15 is 0 Å². The fourth-order valence-electron chi connectivity index (χ4n) is 3.05. The summed E-state index contributed by atoms with van der Waals surface area (Å²) >= 11 is 0. The maximum atomic E-state index is 10.1. The van der Waals surface area contributed by atoms with Gasteiger partial charge in [-0.3, -0.25) is 0 Å². The minimum Gasteiger partial charge on any atom is -0.392 e. The molecule has 0 aromatic heterocycles. The highest BCUT2D eigenvalue weighted by atomic mass is 28.4. The van der Waals surface area contributed by atoms with Crippen LogP contribution in [0.25, 0.3) is 0 Å². The summed E-state index contributed by atoms with van der Waals surface area (Å²) in [5.74, 6) is 0.599. The van der Waals surface area contributed by atoms with E-state index in [2.05, 4.69) is 19.2 Å². The molecule has 1 rings (SSSR count). The number of aliphatic hydroxyl groups excluding tert-OH is 1. The van der Waals surface area contributed by atoms with E-state index in [0.717, 1.165) is 31.7 Å². The summed E-state index contributed by atoms with van der Waals surface area (Å²) in [4.78, 5) is 0. The van der Waals surface area contributed by atoms with Gasteiger partial charge in [-0.1, -0.05) is 13.8 Å². The first-order valence-corrected chi connectivity index (χ1v) is 9.49. The fourth-order valence-corrected chi connectivity index (χ4v) is 4.92. The smallest absolute Gasteiger partial charge is 0.392 e. The average molecular weight is 305 g/mol. The van der Waals surface area contributed by atoms with Gasteiger partial charge >= 0.3 is 8.80 Å². The van der Waals surface area contributed by atoms with Crippen LogP contribution < -0.4 is 5.32 Å². The van der Waals surface area contributed by atoms with Crippen molar-refractivity contribution in [2.75, 3.05) is 21.3 Å². The normalized spacial score (nSPS) is 28.1. The molecular weight excluding hydrogens is 274 g/mol. The van der Waals surface area contributed by atoms with Crippen molar-refractivity contribution in [1.82, 2.24) is 5.32 Å². The molecule has 0 aromatic carbocycles. The highest BCUT2D eigenvalue weighted by Crippen LogP contribution is 2.31. The first kappa shape index (κ1) is 18.1. The predicted octanol–water partition coefficient (Wildman–Crippen LogP) is 1.78. The second kappa shape index (κ2) is 8.46. The van der Waals surface area contributed by atoms with Crippen molar-refractivity contribution in [2.24, 2.45) is 5.92 Å². The van der Waals surface area contributed by atoms with Crippen LogP contribution in [0.3, 0.4) is 0 Å². The third-order valence-electron chi connectivity index (χ3n) is 4.26. The van der Waals surface area contributed by atoms with Crippen LogP contribution in [0.15, 0.2) is 0 Å². The summed E-state index contributed by atoms with van der Waals surface area (Å²) in [6.45, 7) is 4.24. The van der Waals surface area contributed by atoms with Gasteiger partial charge in [0.25, 0.3) is 0 Å². The Balaban J connectivity index is 2.48. The minimum atomic E-state index is -2.46. The van der Waals surface area contributed by atoms with E-state index in [1.165, 1.54) is 0 Å². The molecule has 1 aliphatic carbocycles. The molecule has 3 unspecified atom stereocenters. The Hall–Kier alpha value is 0.0169. The minimum absolute atomic E-state index is 0.206. The molecule has 2 N–H and O–H groups in total. The molecule has 20 heavy (non-hydrogen) atoms. The molecular formula is C14H31NO4Si. The molecule has 1 saturated carbocycles. The summed E-state index contributed by atoms with van der Waals surface area (Å²) in [5.41, 5.74) is 0. The van der Waals surface area contributed by atoms with E-state index in [9.17, 15) is 5.11 Å². The molecule has 0 saturated heterocycles. The van der Waals surface area contributed by atoms with Crippen LogP contribution in [-0.4, -0.2) is 53.4 Å². The molecule has 0 amide bonds. The standard InChI is InChI=1S/C14H31NO4Si/c1-11(2)15-13-10-12(6-7-14(13)16)8-9-20(17-3,18-4)19-5/h11-16H,6-10H2,1-5H3. The van der Waals surface area contributed by atoms with Crippen molar-refractivity contribution in [3.8, 4) is 0 Å². The number of aliphatic hydroxyl groups is 1. The maximum Gasteiger partial charge on any atom is 0.500 e. The lowest BCUT2D eigenvalue weighted by atomic mass is 9.82. The van der Waals surface area contributed by atoms with Gasteiger partial charge in [-0.25, -0.2) is 0 Å². The van der Waals surface area contributed by atoms with Crippen LogP contribution in [0.2, 0.25) is 6.04 Å². The second-order valence-corrected chi connectivity index (χ2v) is 9.10. The Morgan fingerprint density at radius 1 is 1.15 bits per heavy atom. The van der Waals surface area contributed by atoms with Crippen LogP contribution >= 0.6 is 0 Å². The largest absolute Gasteiger partial charge is 0.500 e. The van der Waals surface area contributed by atoms with E-state index in [1.54, 1.807) is 21.3 Å². The number of nitrogens with one attached hydrogen (secondary N) is 1. The van der Waals surface area contributed by atoms with Crippen molar-refractivity contribution < 1.29 is 18.4 Å². The zero-order chi connectivity index (χ0) is 15.2. The molecule has 0 aliphatic heterocycles. The first-order chi connectivity index (χ1) is 9.46. The highest BCUT2D eigenvalue weighted by molar-refractivity contribution is 6.60. The van der Waals surface area contributed by atoms with Gasteiger partial charge in [0.15, 0.2) is 0 Å². The Labute approximate surface area is 124 Å². The van der Waals surface area contributed by atoms with Crippen molar-refractivity contribution in [3.63, 3.8) is 0 Å². The number of rotatable bonds is 8. The molecule has 0 spiro atoms. The van der Waals surface area contributed by atoms with E-state index in [0.29, 0.717) is 12.0 Å². The highest BCUT2D eigenvalue weighted by Gasteiger charge is 2.39. The summed E-state index contributed by atoms with van der Waals surface area (Å²) in [5, 5.41) is 13.5. The second-order valence-electron chi connectivity index (χ2n) is 6.01. The molecule has 6 heteroatoms. The maximum absolute atomic E-state index is 10.1. The van der Waals surface area contributed by atoms with Crippen LogP contribution in [-0.2, 0) is 13.3 Å². The monoisotopic (exact) mass is 305 g/mol. The van der Waals surface area contributed by atoms with Gasteiger partial charge in [0, 0.05) is 39.5 Å². The van der Waals surface area contributed by atoms with Crippen molar-refractivity contribution >= 4 is 8.80 Å². The lowest BCUT2D eigenvalue weighted by molar-refractivity contribution is 0.0627. The molecule has 120 valence electrons. The molecule has 0 radical (unpaired) electrons. The van der Waals surface area contributed by atoms with Gasteiger partial charge in [-0.15, -0.1) is 0 Å². The Morgan fingerprint density at radius 3 is 2.25 bits per heavy atom. The van der Waals surface area contributed by atoms with Crippen LogP contribution in [0.1, 0.15) is 39.5 Å². The third-order valence-corrected chi connectivity index (χ3v) is 7.03. The average Bonchev–Trinajstić information content (AvgIpc) is 2.44. The molecule has 0 heterocycles. The topological polar surface area (TPSA) is 60.0 Å². The van der Waals surface area contributed by atoms with E-state index in [-0.39, 0.29) is 12.1 Å². The van der Waals surface area contributed by atoms with Crippen molar-refractivity contribution in [1.29, 1.82) is 0 Å². The summed E-state index contributed by atoms with van der Waals surface area (Å²) in [7, 11) is 2.52. The Morgan fingerprint density at radius 2 is 1.75 bits per heavy atom. The Bertz CT molecular complexity index is 266. The summed E-state index contributed by atoms with van der Waals surface area (Å²) < 4.78 is 16.4. The summed E-state index contributed by atoms with van der Waals surface area (Å²) in [6, 6.07) is 1.45. The number of hydrogen-bond donors (Lipinski definition) is 2. The molecule has 1 aliphatic rings. The zero-order valence-corrected chi connectivity index (χ0v) is 14.5. The van der Waals surface area contributed by atoms with Crippen molar-refractivity contribution in [3.05, 3.63) is 0 Å². The van der Waals surface area contributed by atoms with Gasteiger partial charge < -0.3 is 23.7 Å². The molecule has 0 aromatic rings. The van der Waals surface area contributed by atoms with Gasteiger partial charge in [-0.2, -0.15) is 0 Å². The predicted molar refractivity (Wildman–Crippen MR) is 81.6 cm³/mol. The van der Waals surface area contributed by atoms with Crippen LogP contribution in [0, 0.1) is 5.92 Å². The zero-order valence-electron chi connectivity index (χ0n) is 13.5.